The number of benzene rings is 2. The van der Waals surface area contributed by atoms with Gasteiger partial charge in [0.05, 0.1) is 0 Å². The van der Waals surface area contributed by atoms with Crippen LogP contribution >= 0.6 is 0 Å². The smallest absolute Gasteiger partial charge is 0.200 e. The molecule has 6 atom stereocenters. The van der Waals surface area contributed by atoms with Crippen molar-refractivity contribution in [1.29, 1.82) is 0 Å². The standard InChI is InChI=1S/C22H22O9/c1-12(23)21(30)19(28)20(29,15(24)13-8-4-2-5-9-13)17(26)18(27)22(21,31)16(25)14-10-6-3-7-11-14/h2-11,17-19,26-31H,1H3/t17-,18-,19-,20+,21-,22+/m1/s1. The van der Waals surface area contributed by atoms with Crippen molar-refractivity contribution in [1.82, 2.24) is 0 Å². The SMILES string of the molecule is CC(=O)[C@@]1(O)[C@H](O)[C@](O)(C(=O)c2ccccc2)[C@H](O)[C@@H](O)[C@@]1(O)C(=O)c1ccccc1. The molecule has 6 N–H and O–H groups in total. The van der Waals surface area contributed by atoms with Crippen LogP contribution in [0, 0.1) is 0 Å². The Kier molecular flexibility index (Phi) is 5.70. The molecule has 164 valence electrons. The van der Waals surface area contributed by atoms with E-state index in [4.69, 9.17) is 0 Å². The first-order valence-corrected chi connectivity index (χ1v) is 9.37. The van der Waals surface area contributed by atoms with E-state index in [1.165, 1.54) is 54.6 Å². The number of hydrogen-bond donors (Lipinski definition) is 6. The molecule has 31 heavy (non-hydrogen) atoms. The summed E-state index contributed by atoms with van der Waals surface area (Å²) in [7, 11) is 0. The summed E-state index contributed by atoms with van der Waals surface area (Å²) in [4.78, 5) is 38.5. The Labute approximate surface area is 176 Å². The summed E-state index contributed by atoms with van der Waals surface area (Å²) in [6.07, 6.45) is -8.25. The second-order valence-corrected chi connectivity index (χ2v) is 7.60. The molecule has 3 rings (SSSR count). The third-order valence-corrected chi connectivity index (χ3v) is 5.89. The summed E-state index contributed by atoms with van der Waals surface area (Å²) >= 11 is 0. The highest BCUT2D eigenvalue weighted by Crippen LogP contribution is 2.46. The lowest BCUT2D eigenvalue weighted by molar-refractivity contribution is -0.299. The van der Waals surface area contributed by atoms with Crippen molar-refractivity contribution in [3.05, 3.63) is 71.8 Å². The van der Waals surface area contributed by atoms with E-state index in [-0.39, 0.29) is 11.1 Å². The largest absolute Gasteiger partial charge is 0.387 e. The molecule has 2 aromatic carbocycles. The summed E-state index contributed by atoms with van der Waals surface area (Å²) in [5.41, 5.74) is -10.8. The summed E-state index contributed by atoms with van der Waals surface area (Å²) in [6.45, 7) is 0.699. The number of aliphatic hydroxyl groups excluding tert-OH is 3. The molecule has 9 heteroatoms. The molecular formula is C22H22O9. The monoisotopic (exact) mass is 430 g/mol. The lowest BCUT2D eigenvalue weighted by Gasteiger charge is -2.56. The molecule has 0 heterocycles. The van der Waals surface area contributed by atoms with E-state index in [2.05, 4.69) is 0 Å². The van der Waals surface area contributed by atoms with Gasteiger partial charge in [-0.25, -0.2) is 0 Å². The minimum atomic E-state index is -3.54. The lowest BCUT2D eigenvalue weighted by Crippen LogP contribution is -2.86. The van der Waals surface area contributed by atoms with E-state index < -0.39 is 52.5 Å². The zero-order valence-corrected chi connectivity index (χ0v) is 16.4. The van der Waals surface area contributed by atoms with E-state index in [0.717, 1.165) is 0 Å². The van der Waals surface area contributed by atoms with Crippen molar-refractivity contribution < 1.29 is 45.0 Å². The summed E-state index contributed by atoms with van der Waals surface area (Å²) in [6, 6.07) is 13.6. The first-order chi connectivity index (χ1) is 14.4. The van der Waals surface area contributed by atoms with E-state index in [1.807, 2.05) is 0 Å². The number of aliphatic hydroxyl groups is 6. The van der Waals surface area contributed by atoms with Gasteiger partial charge >= 0.3 is 0 Å². The Morgan fingerprint density at radius 3 is 1.52 bits per heavy atom. The van der Waals surface area contributed by atoms with Crippen molar-refractivity contribution in [2.45, 2.75) is 42.0 Å². The molecule has 1 fully saturated rings. The molecule has 1 aliphatic rings. The Morgan fingerprint density at radius 1 is 0.677 bits per heavy atom. The average Bonchev–Trinajstić information content (AvgIpc) is 2.80. The third-order valence-electron chi connectivity index (χ3n) is 5.89. The Bertz CT molecular complexity index is 1010. The van der Waals surface area contributed by atoms with Gasteiger partial charge in [0, 0.05) is 11.1 Å². The van der Waals surface area contributed by atoms with Gasteiger partial charge in [-0.15, -0.1) is 0 Å². The fourth-order valence-corrected chi connectivity index (χ4v) is 4.04. The van der Waals surface area contributed by atoms with Crippen molar-refractivity contribution in [3.8, 4) is 0 Å². The quantitative estimate of drug-likeness (QED) is 0.313. The molecule has 1 aliphatic carbocycles. The zero-order chi connectivity index (χ0) is 23.2. The Balaban J connectivity index is 2.22. The van der Waals surface area contributed by atoms with Crippen molar-refractivity contribution in [2.24, 2.45) is 0 Å². The van der Waals surface area contributed by atoms with Crippen molar-refractivity contribution in [3.63, 3.8) is 0 Å². The molecule has 2 aromatic rings. The molecule has 1 saturated carbocycles. The van der Waals surface area contributed by atoms with Gasteiger partial charge in [-0.05, 0) is 6.92 Å². The summed E-state index contributed by atoms with van der Waals surface area (Å²) in [5, 5.41) is 65.5. The predicted molar refractivity (Wildman–Crippen MR) is 105 cm³/mol. The van der Waals surface area contributed by atoms with Crippen LogP contribution in [0.2, 0.25) is 0 Å². The van der Waals surface area contributed by atoms with Gasteiger partial charge in [0.1, 0.15) is 18.3 Å². The molecule has 0 saturated heterocycles. The third kappa shape index (κ3) is 2.98. The number of rotatable bonds is 5. The van der Waals surface area contributed by atoms with Crippen LogP contribution in [-0.2, 0) is 4.79 Å². The van der Waals surface area contributed by atoms with E-state index >= 15 is 0 Å². The van der Waals surface area contributed by atoms with Gasteiger partial charge in [-0.2, -0.15) is 0 Å². The molecule has 0 amide bonds. The van der Waals surface area contributed by atoms with Crippen LogP contribution in [0.15, 0.2) is 60.7 Å². The number of ketones is 3. The Hall–Kier alpha value is -2.79. The first-order valence-electron chi connectivity index (χ1n) is 9.37. The number of carbonyl (C=O) groups is 3. The second kappa shape index (κ2) is 7.72. The molecule has 0 aromatic heterocycles. The van der Waals surface area contributed by atoms with Crippen LogP contribution in [-0.4, -0.2) is 83.1 Å². The molecule has 0 bridgehead atoms. The van der Waals surface area contributed by atoms with Crippen molar-refractivity contribution in [2.75, 3.05) is 0 Å². The van der Waals surface area contributed by atoms with Crippen LogP contribution in [0.3, 0.4) is 0 Å². The van der Waals surface area contributed by atoms with Gasteiger partial charge in [0.25, 0.3) is 0 Å². The van der Waals surface area contributed by atoms with Crippen LogP contribution in [0.1, 0.15) is 27.6 Å². The second-order valence-electron chi connectivity index (χ2n) is 7.60. The Morgan fingerprint density at radius 2 is 1.10 bits per heavy atom. The minimum absolute atomic E-state index is 0.221. The summed E-state index contributed by atoms with van der Waals surface area (Å²) in [5.74, 6) is -4.15. The highest BCUT2D eigenvalue weighted by molar-refractivity contribution is 6.11. The average molecular weight is 430 g/mol. The predicted octanol–water partition coefficient (Wildman–Crippen LogP) is -1.37. The zero-order valence-electron chi connectivity index (χ0n) is 16.4. The number of Topliss-reactive ketones (excluding diaryl/α,β-unsaturated/α-hetero) is 3. The van der Waals surface area contributed by atoms with Gasteiger partial charge in [0.15, 0.2) is 28.4 Å². The van der Waals surface area contributed by atoms with E-state index in [0.29, 0.717) is 6.92 Å². The normalized spacial score (nSPS) is 35.4. The molecule has 0 spiro atoms. The van der Waals surface area contributed by atoms with E-state index in [9.17, 15) is 45.0 Å². The van der Waals surface area contributed by atoms with Crippen LogP contribution < -0.4 is 0 Å². The van der Waals surface area contributed by atoms with Crippen LogP contribution in [0.4, 0.5) is 0 Å². The molecule has 0 radical (unpaired) electrons. The fraction of sp³-hybridized carbons (Fsp3) is 0.318. The molecule has 0 unspecified atom stereocenters. The molecule has 0 aliphatic heterocycles. The van der Waals surface area contributed by atoms with Gasteiger partial charge in [0.2, 0.25) is 5.78 Å². The maximum Gasteiger partial charge on any atom is 0.200 e. The minimum Gasteiger partial charge on any atom is -0.387 e. The number of carbonyl (C=O) groups excluding carboxylic acids is 3. The van der Waals surface area contributed by atoms with E-state index in [1.54, 1.807) is 6.07 Å². The fourth-order valence-electron chi connectivity index (χ4n) is 4.04. The highest BCUT2D eigenvalue weighted by Gasteiger charge is 2.78. The highest BCUT2D eigenvalue weighted by atomic mass is 16.5. The molecular weight excluding hydrogens is 408 g/mol. The van der Waals surface area contributed by atoms with Gasteiger partial charge in [-0.3, -0.25) is 14.4 Å². The van der Waals surface area contributed by atoms with Crippen molar-refractivity contribution >= 4 is 17.3 Å². The van der Waals surface area contributed by atoms with Gasteiger partial charge < -0.3 is 30.6 Å². The topological polar surface area (TPSA) is 173 Å². The maximum atomic E-state index is 13.1. The first kappa shape index (κ1) is 22.9. The van der Waals surface area contributed by atoms with Crippen LogP contribution in [0.25, 0.3) is 0 Å². The number of hydrogen-bond acceptors (Lipinski definition) is 9. The van der Waals surface area contributed by atoms with Gasteiger partial charge in [-0.1, -0.05) is 60.7 Å². The lowest BCUT2D eigenvalue weighted by atomic mass is 9.56. The summed E-state index contributed by atoms with van der Waals surface area (Å²) < 4.78 is 0. The van der Waals surface area contributed by atoms with Crippen LogP contribution in [0.5, 0.6) is 0 Å². The maximum absolute atomic E-state index is 13.1. The molecule has 9 nitrogen and oxygen atoms in total.